The lowest BCUT2D eigenvalue weighted by molar-refractivity contribution is 0.476. The van der Waals surface area contributed by atoms with E-state index >= 15 is 0 Å². The van der Waals surface area contributed by atoms with Crippen LogP contribution in [0.5, 0.6) is 11.5 Å². The molecule has 0 amide bonds. The second-order valence-electron chi connectivity index (χ2n) is 4.45. The van der Waals surface area contributed by atoms with Crippen molar-refractivity contribution in [2.45, 2.75) is 20.4 Å². The summed E-state index contributed by atoms with van der Waals surface area (Å²) in [5.41, 5.74) is 9.23. The van der Waals surface area contributed by atoms with Crippen molar-refractivity contribution < 1.29 is 4.74 Å². The number of nitrogens with zero attached hydrogens (tertiary/aromatic N) is 1. The first-order valence-corrected chi connectivity index (χ1v) is 6.13. The topological polar surface area (TPSA) is 59.0 Å². The third kappa shape index (κ3) is 2.75. The molecular formula is C16H16N2O. The van der Waals surface area contributed by atoms with Crippen molar-refractivity contribution in [2.24, 2.45) is 5.73 Å². The highest BCUT2D eigenvalue weighted by molar-refractivity contribution is 5.49. The molecule has 0 radical (unpaired) electrons. The Balaban J connectivity index is 2.39. The van der Waals surface area contributed by atoms with E-state index < -0.39 is 0 Å². The van der Waals surface area contributed by atoms with Crippen molar-refractivity contribution in [3.63, 3.8) is 0 Å². The minimum atomic E-state index is 0.415. The molecule has 0 bridgehead atoms. The third-order valence-electron chi connectivity index (χ3n) is 3.17. The minimum Gasteiger partial charge on any atom is -0.456 e. The van der Waals surface area contributed by atoms with E-state index in [0.717, 1.165) is 22.4 Å². The molecule has 2 N–H and O–H groups in total. The summed E-state index contributed by atoms with van der Waals surface area (Å²) in [7, 11) is 0. The summed E-state index contributed by atoms with van der Waals surface area (Å²) in [5.74, 6) is 1.34. The van der Waals surface area contributed by atoms with Gasteiger partial charge < -0.3 is 10.5 Å². The van der Waals surface area contributed by atoms with E-state index in [-0.39, 0.29) is 0 Å². The standard InChI is InChI=1S/C16H16N2O/c1-11-4-3-5-15(12(11)2)19-16-7-6-13(9-17)8-14(16)10-18/h3-8H,9,17H2,1-2H3. The Morgan fingerprint density at radius 2 is 1.95 bits per heavy atom. The largest absolute Gasteiger partial charge is 0.456 e. The molecule has 96 valence electrons. The fourth-order valence-electron chi connectivity index (χ4n) is 1.83. The van der Waals surface area contributed by atoms with Gasteiger partial charge in [0.25, 0.3) is 0 Å². The summed E-state index contributed by atoms with van der Waals surface area (Å²) in [5, 5.41) is 9.17. The minimum absolute atomic E-state index is 0.415. The second kappa shape index (κ2) is 5.55. The number of aryl methyl sites for hydroxylation is 1. The van der Waals surface area contributed by atoms with Crippen LogP contribution in [0.25, 0.3) is 0 Å². The number of ether oxygens (including phenoxy) is 1. The molecule has 0 saturated heterocycles. The summed E-state index contributed by atoms with van der Waals surface area (Å²) >= 11 is 0. The molecule has 2 rings (SSSR count). The lowest BCUT2D eigenvalue weighted by Gasteiger charge is -2.12. The molecule has 0 unspecified atom stereocenters. The maximum Gasteiger partial charge on any atom is 0.145 e. The van der Waals surface area contributed by atoms with Gasteiger partial charge in [0.1, 0.15) is 17.6 Å². The fraction of sp³-hybridized carbons (Fsp3) is 0.188. The van der Waals surface area contributed by atoms with Crippen LogP contribution in [0, 0.1) is 25.2 Å². The van der Waals surface area contributed by atoms with Crippen molar-refractivity contribution in [3.05, 3.63) is 58.7 Å². The van der Waals surface area contributed by atoms with E-state index in [0.29, 0.717) is 17.9 Å². The Bertz CT molecular complexity index is 642. The monoisotopic (exact) mass is 252 g/mol. The Labute approximate surface area is 113 Å². The van der Waals surface area contributed by atoms with Crippen LogP contribution in [0.3, 0.4) is 0 Å². The quantitative estimate of drug-likeness (QED) is 0.910. The predicted molar refractivity (Wildman–Crippen MR) is 75.0 cm³/mol. The van der Waals surface area contributed by atoms with Gasteiger partial charge in [0.15, 0.2) is 0 Å². The van der Waals surface area contributed by atoms with Crippen LogP contribution in [0.2, 0.25) is 0 Å². The number of nitrogens with two attached hydrogens (primary N) is 1. The van der Waals surface area contributed by atoms with Crippen LogP contribution in [0.1, 0.15) is 22.3 Å². The SMILES string of the molecule is Cc1cccc(Oc2ccc(CN)cc2C#N)c1C. The molecule has 0 saturated carbocycles. The van der Waals surface area contributed by atoms with Crippen molar-refractivity contribution in [1.29, 1.82) is 5.26 Å². The highest BCUT2D eigenvalue weighted by atomic mass is 16.5. The zero-order valence-electron chi connectivity index (χ0n) is 11.1. The zero-order chi connectivity index (χ0) is 13.8. The van der Waals surface area contributed by atoms with Gasteiger partial charge in [0.05, 0.1) is 5.56 Å². The lowest BCUT2D eigenvalue weighted by Crippen LogP contribution is -1.98. The first-order chi connectivity index (χ1) is 9.15. The Kier molecular flexibility index (Phi) is 3.84. The van der Waals surface area contributed by atoms with Gasteiger partial charge in [-0.1, -0.05) is 18.2 Å². The molecule has 3 heteroatoms. The predicted octanol–water partition coefficient (Wildman–Crippen LogP) is 3.43. The molecule has 2 aromatic rings. The molecule has 19 heavy (non-hydrogen) atoms. The van der Waals surface area contributed by atoms with Gasteiger partial charge in [-0.2, -0.15) is 5.26 Å². The van der Waals surface area contributed by atoms with Crippen LogP contribution in [-0.2, 0) is 6.54 Å². The van der Waals surface area contributed by atoms with Gasteiger partial charge >= 0.3 is 0 Å². The first-order valence-electron chi connectivity index (χ1n) is 6.13. The number of hydrogen-bond donors (Lipinski definition) is 1. The van der Waals surface area contributed by atoms with Crippen molar-refractivity contribution in [3.8, 4) is 17.6 Å². The molecule has 0 aliphatic carbocycles. The normalized spacial score (nSPS) is 10.0. The van der Waals surface area contributed by atoms with E-state index in [9.17, 15) is 0 Å². The van der Waals surface area contributed by atoms with Gasteiger partial charge in [-0.3, -0.25) is 0 Å². The summed E-state index contributed by atoms with van der Waals surface area (Å²) in [6.45, 7) is 4.45. The number of benzene rings is 2. The average Bonchev–Trinajstić information content (AvgIpc) is 2.44. The molecule has 0 spiro atoms. The van der Waals surface area contributed by atoms with Crippen LogP contribution < -0.4 is 10.5 Å². The van der Waals surface area contributed by atoms with Gasteiger partial charge in [-0.25, -0.2) is 0 Å². The van der Waals surface area contributed by atoms with Crippen LogP contribution in [0.15, 0.2) is 36.4 Å². The number of nitriles is 1. The highest BCUT2D eigenvalue weighted by Gasteiger charge is 2.08. The van der Waals surface area contributed by atoms with E-state index in [2.05, 4.69) is 6.07 Å². The summed E-state index contributed by atoms with van der Waals surface area (Å²) in [4.78, 5) is 0. The third-order valence-corrected chi connectivity index (χ3v) is 3.17. The number of hydrogen-bond acceptors (Lipinski definition) is 3. The maximum atomic E-state index is 9.17. The summed E-state index contributed by atoms with van der Waals surface area (Å²) in [6, 6.07) is 13.5. The zero-order valence-corrected chi connectivity index (χ0v) is 11.1. The van der Waals surface area contributed by atoms with E-state index in [4.69, 9.17) is 15.7 Å². The molecule has 2 aromatic carbocycles. The van der Waals surface area contributed by atoms with Gasteiger partial charge in [0.2, 0.25) is 0 Å². The van der Waals surface area contributed by atoms with E-state index in [1.54, 1.807) is 12.1 Å². The Hall–Kier alpha value is -2.31. The molecule has 0 heterocycles. The molecule has 0 fully saturated rings. The molecule has 0 aliphatic heterocycles. The lowest BCUT2D eigenvalue weighted by atomic mass is 10.1. The molecular weight excluding hydrogens is 236 g/mol. The van der Waals surface area contributed by atoms with Gasteiger partial charge in [-0.15, -0.1) is 0 Å². The summed E-state index contributed by atoms with van der Waals surface area (Å²) in [6.07, 6.45) is 0. The summed E-state index contributed by atoms with van der Waals surface area (Å²) < 4.78 is 5.85. The highest BCUT2D eigenvalue weighted by Crippen LogP contribution is 2.29. The molecule has 0 aromatic heterocycles. The van der Waals surface area contributed by atoms with Crippen molar-refractivity contribution in [2.75, 3.05) is 0 Å². The van der Waals surface area contributed by atoms with Crippen LogP contribution in [-0.4, -0.2) is 0 Å². The average molecular weight is 252 g/mol. The van der Waals surface area contributed by atoms with Crippen molar-refractivity contribution in [1.82, 2.24) is 0 Å². The van der Waals surface area contributed by atoms with Crippen LogP contribution in [0.4, 0.5) is 0 Å². The number of rotatable bonds is 3. The molecule has 3 nitrogen and oxygen atoms in total. The molecule has 0 atom stereocenters. The Morgan fingerprint density at radius 3 is 2.63 bits per heavy atom. The Morgan fingerprint density at radius 1 is 1.16 bits per heavy atom. The molecule has 0 aliphatic rings. The van der Waals surface area contributed by atoms with Gasteiger partial charge in [0, 0.05) is 6.54 Å². The maximum absolute atomic E-state index is 9.17. The van der Waals surface area contributed by atoms with E-state index in [1.165, 1.54) is 0 Å². The first kappa shape index (κ1) is 13.1. The smallest absolute Gasteiger partial charge is 0.145 e. The van der Waals surface area contributed by atoms with Gasteiger partial charge in [-0.05, 0) is 48.7 Å². The van der Waals surface area contributed by atoms with E-state index in [1.807, 2.05) is 38.1 Å². The van der Waals surface area contributed by atoms with Crippen molar-refractivity contribution >= 4 is 0 Å². The fourth-order valence-corrected chi connectivity index (χ4v) is 1.83. The second-order valence-corrected chi connectivity index (χ2v) is 4.45. The van der Waals surface area contributed by atoms with Crippen LogP contribution >= 0.6 is 0 Å².